The number of H-pyrrole nitrogens is 1. The number of carbonyl (C=O) groups excluding carboxylic acids is 1. The molecule has 1 amide bonds. The van der Waals surface area contributed by atoms with Crippen molar-refractivity contribution >= 4 is 17.3 Å². The summed E-state index contributed by atoms with van der Waals surface area (Å²) < 4.78 is 13.1. The molecule has 0 spiro atoms. The fourth-order valence-electron chi connectivity index (χ4n) is 4.05. The van der Waals surface area contributed by atoms with Gasteiger partial charge in [0.2, 0.25) is 5.91 Å². The summed E-state index contributed by atoms with van der Waals surface area (Å²) in [6.45, 7) is 4.26. The van der Waals surface area contributed by atoms with Crippen LogP contribution in [0.25, 0.3) is 0 Å². The molecule has 28 heavy (non-hydrogen) atoms. The molecular weight excluding hydrogens is 361 g/mol. The zero-order valence-electron chi connectivity index (χ0n) is 15.7. The first-order valence-electron chi connectivity index (χ1n) is 9.69. The van der Waals surface area contributed by atoms with E-state index in [4.69, 9.17) is 0 Å². The number of aromatic nitrogens is 2. The van der Waals surface area contributed by atoms with Crippen LogP contribution >= 0.6 is 0 Å². The molecule has 0 saturated carbocycles. The Bertz CT molecular complexity index is 877. The molecule has 1 aromatic heterocycles. The molecule has 2 aliphatic rings. The van der Waals surface area contributed by atoms with E-state index in [0.29, 0.717) is 19.6 Å². The van der Waals surface area contributed by atoms with Gasteiger partial charge in [0, 0.05) is 51.0 Å². The van der Waals surface area contributed by atoms with Crippen LogP contribution in [0.1, 0.15) is 12.8 Å². The van der Waals surface area contributed by atoms with Crippen molar-refractivity contribution in [2.75, 3.05) is 49.1 Å². The summed E-state index contributed by atoms with van der Waals surface area (Å²) >= 11 is 0. The summed E-state index contributed by atoms with van der Waals surface area (Å²) in [4.78, 5) is 30.7. The Labute approximate surface area is 162 Å². The number of benzene rings is 1. The Morgan fingerprint density at radius 3 is 2.50 bits per heavy atom. The number of hydrogen-bond acceptors (Lipinski definition) is 5. The van der Waals surface area contributed by atoms with Crippen LogP contribution in [-0.4, -0.2) is 60.3 Å². The SMILES string of the molecule is O=C([C@@H]1CCCN(c2cn[nH]c(=O)c2)C1)N1CCN(c2ccc(F)cc2)CC1. The number of piperidine rings is 1. The minimum absolute atomic E-state index is 0.0644. The largest absolute Gasteiger partial charge is 0.369 e. The van der Waals surface area contributed by atoms with Crippen LogP contribution in [-0.2, 0) is 4.79 Å². The van der Waals surface area contributed by atoms with Crippen molar-refractivity contribution in [2.24, 2.45) is 5.92 Å². The van der Waals surface area contributed by atoms with Crippen LogP contribution < -0.4 is 15.4 Å². The molecule has 0 radical (unpaired) electrons. The number of nitrogens with zero attached hydrogens (tertiary/aromatic N) is 4. The number of amides is 1. The van der Waals surface area contributed by atoms with E-state index in [0.717, 1.165) is 43.9 Å². The fourth-order valence-corrected chi connectivity index (χ4v) is 4.05. The highest BCUT2D eigenvalue weighted by atomic mass is 19.1. The minimum atomic E-state index is -0.241. The molecule has 1 atom stereocenters. The number of nitrogens with one attached hydrogen (secondary N) is 1. The quantitative estimate of drug-likeness (QED) is 0.866. The van der Waals surface area contributed by atoms with Gasteiger partial charge in [-0.25, -0.2) is 9.49 Å². The first kappa shape index (κ1) is 18.5. The topological polar surface area (TPSA) is 72.5 Å². The van der Waals surface area contributed by atoms with Crippen molar-refractivity contribution in [2.45, 2.75) is 12.8 Å². The molecule has 1 aromatic carbocycles. The third-order valence-electron chi connectivity index (χ3n) is 5.57. The maximum atomic E-state index is 13.1. The summed E-state index contributed by atoms with van der Waals surface area (Å²) in [5.74, 6) is -0.123. The van der Waals surface area contributed by atoms with E-state index in [9.17, 15) is 14.0 Å². The van der Waals surface area contributed by atoms with Gasteiger partial charge in [0.25, 0.3) is 5.56 Å². The van der Waals surface area contributed by atoms with Gasteiger partial charge in [0.05, 0.1) is 17.8 Å². The first-order chi connectivity index (χ1) is 13.6. The van der Waals surface area contributed by atoms with Gasteiger partial charge in [-0.3, -0.25) is 9.59 Å². The normalized spacial score (nSPS) is 20.3. The zero-order valence-corrected chi connectivity index (χ0v) is 15.7. The number of hydrogen-bond donors (Lipinski definition) is 1. The molecular formula is C20H24FN5O2. The molecule has 4 rings (SSSR count). The standard InChI is InChI=1S/C20H24FN5O2/c21-16-3-5-17(6-4-16)24-8-10-25(11-9-24)20(28)15-2-1-7-26(14-15)18-12-19(27)23-22-13-18/h3-6,12-13,15H,1-2,7-11,14H2,(H,23,27)/t15-/m1/s1. The van der Waals surface area contributed by atoms with E-state index in [2.05, 4.69) is 20.0 Å². The maximum Gasteiger partial charge on any atom is 0.266 e. The van der Waals surface area contributed by atoms with Gasteiger partial charge in [-0.15, -0.1) is 0 Å². The number of carbonyl (C=O) groups is 1. The van der Waals surface area contributed by atoms with E-state index in [-0.39, 0.29) is 23.2 Å². The Morgan fingerprint density at radius 1 is 1.04 bits per heavy atom. The zero-order chi connectivity index (χ0) is 19.5. The summed E-state index contributed by atoms with van der Waals surface area (Å²) in [6.07, 6.45) is 3.42. The van der Waals surface area contributed by atoms with E-state index < -0.39 is 0 Å². The van der Waals surface area contributed by atoms with Crippen LogP contribution in [0.2, 0.25) is 0 Å². The number of halogens is 1. The van der Waals surface area contributed by atoms with E-state index in [1.165, 1.54) is 18.2 Å². The lowest BCUT2D eigenvalue weighted by Crippen LogP contribution is -2.52. The fraction of sp³-hybridized carbons (Fsp3) is 0.450. The predicted molar refractivity (Wildman–Crippen MR) is 105 cm³/mol. The number of piperazine rings is 1. The highest BCUT2D eigenvalue weighted by Gasteiger charge is 2.31. The third-order valence-corrected chi connectivity index (χ3v) is 5.57. The lowest BCUT2D eigenvalue weighted by molar-refractivity contribution is -0.136. The van der Waals surface area contributed by atoms with Crippen molar-refractivity contribution in [3.8, 4) is 0 Å². The Balaban J connectivity index is 1.35. The lowest BCUT2D eigenvalue weighted by Gasteiger charge is -2.40. The molecule has 0 aliphatic carbocycles. The van der Waals surface area contributed by atoms with Gasteiger partial charge in [-0.1, -0.05) is 0 Å². The second kappa shape index (κ2) is 8.00. The lowest BCUT2D eigenvalue weighted by atomic mass is 9.96. The van der Waals surface area contributed by atoms with Gasteiger partial charge >= 0.3 is 0 Å². The minimum Gasteiger partial charge on any atom is -0.369 e. The Morgan fingerprint density at radius 2 is 1.79 bits per heavy atom. The molecule has 2 fully saturated rings. The summed E-state index contributed by atoms with van der Waals surface area (Å²) in [7, 11) is 0. The molecule has 148 valence electrons. The molecule has 2 aromatic rings. The molecule has 1 N–H and O–H groups in total. The summed E-state index contributed by atoms with van der Waals surface area (Å²) in [6, 6.07) is 8.02. The van der Waals surface area contributed by atoms with Gasteiger partial charge in [-0.05, 0) is 37.1 Å². The average molecular weight is 385 g/mol. The molecule has 0 unspecified atom stereocenters. The van der Waals surface area contributed by atoms with E-state index >= 15 is 0 Å². The van der Waals surface area contributed by atoms with Crippen molar-refractivity contribution < 1.29 is 9.18 Å². The third kappa shape index (κ3) is 4.00. The summed E-state index contributed by atoms with van der Waals surface area (Å²) in [5, 5.41) is 6.24. The van der Waals surface area contributed by atoms with E-state index in [1.807, 2.05) is 4.90 Å². The van der Waals surface area contributed by atoms with Crippen molar-refractivity contribution in [1.29, 1.82) is 0 Å². The van der Waals surface area contributed by atoms with Crippen LogP contribution in [0, 0.1) is 11.7 Å². The van der Waals surface area contributed by atoms with Crippen LogP contribution in [0.3, 0.4) is 0 Å². The Hall–Kier alpha value is -2.90. The maximum absolute atomic E-state index is 13.1. The van der Waals surface area contributed by atoms with Crippen molar-refractivity contribution in [3.63, 3.8) is 0 Å². The second-order valence-corrected chi connectivity index (χ2v) is 7.38. The molecule has 2 saturated heterocycles. The molecule has 0 bridgehead atoms. The predicted octanol–water partition coefficient (Wildman–Crippen LogP) is 1.47. The molecule has 7 nitrogen and oxygen atoms in total. The van der Waals surface area contributed by atoms with E-state index in [1.54, 1.807) is 18.3 Å². The smallest absolute Gasteiger partial charge is 0.266 e. The monoisotopic (exact) mass is 385 g/mol. The van der Waals surface area contributed by atoms with Crippen LogP contribution in [0.15, 0.2) is 41.3 Å². The van der Waals surface area contributed by atoms with Crippen molar-refractivity contribution in [3.05, 3.63) is 52.7 Å². The van der Waals surface area contributed by atoms with Gasteiger partial charge in [-0.2, -0.15) is 5.10 Å². The molecule has 3 heterocycles. The molecule has 2 aliphatic heterocycles. The second-order valence-electron chi connectivity index (χ2n) is 7.38. The summed E-state index contributed by atoms with van der Waals surface area (Å²) in [5.41, 5.74) is 1.52. The van der Waals surface area contributed by atoms with Gasteiger partial charge < -0.3 is 14.7 Å². The van der Waals surface area contributed by atoms with Gasteiger partial charge in [0.15, 0.2) is 0 Å². The Kier molecular flexibility index (Phi) is 5.27. The number of anilines is 2. The highest BCUT2D eigenvalue weighted by molar-refractivity contribution is 5.80. The number of rotatable bonds is 3. The van der Waals surface area contributed by atoms with Crippen LogP contribution in [0.4, 0.5) is 15.8 Å². The number of aromatic amines is 1. The van der Waals surface area contributed by atoms with Crippen molar-refractivity contribution in [1.82, 2.24) is 15.1 Å². The average Bonchev–Trinajstić information content (AvgIpc) is 2.74. The highest BCUT2D eigenvalue weighted by Crippen LogP contribution is 2.24. The first-order valence-corrected chi connectivity index (χ1v) is 9.69. The van der Waals surface area contributed by atoms with Gasteiger partial charge in [0.1, 0.15) is 5.82 Å². The van der Waals surface area contributed by atoms with Crippen LogP contribution in [0.5, 0.6) is 0 Å². The molecule has 8 heteroatoms.